The number of hydrogen-bond acceptors (Lipinski definition) is 1. The Morgan fingerprint density at radius 1 is 0.541 bits per heavy atom. The van der Waals surface area contributed by atoms with E-state index in [-0.39, 0.29) is 5.78 Å². The van der Waals surface area contributed by atoms with Crippen molar-refractivity contribution in [2.45, 2.75) is 0 Å². The molecule has 6 aromatic carbocycles. The normalized spacial score (nSPS) is 11.8. The first kappa shape index (κ1) is 21.3. The lowest BCUT2D eigenvalue weighted by Gasteiger charge is -2.09. The van der Waals surface area contributed by atoms with Crippen molar-refractivity contribution in [3.05, 3.63) is 145 Å². The van der Waals surface area contributed by atoms with Crippen molar-refractivity contribution in [2.75, 3.05) is 0 Å². The molecule has 0 bridgehead atoms. The Balaban J connectivity index is 1.27. The zero-order valence-electron chi connectivity index (χ0n) is 20.1. The van der Waals surface area contributed by atoms with Crippen LogP contribution in [0.4, 0.5) is 0 Å². The van der Waals surface area contributed by atoms with E-state index in [0.717, 1.165) is 38.4 Å². The van der Waals surface area contributed by atoms with E-state index in [1.807, 2.05) is 42.5 Å². The molecule has 0 radical (unpaired) electrons. The van der Waals surface area contributed by atoms with Gasteiger partial charge in [-0.3, -0.25) is 4.79 Å². The monoisotopic (exact) mass is 473 g/mol. The van der Waals surface area contributed by atoms with E-state index >= 15 is 0 Å². The number of nitrogens with zero attached hydrogens (tertiary/aromatic N) is 1. The van der Waals surface area contributed by atoms with Gasteiger partial charge in [0.05, 0.1) is 11.0 Å². The predicted molar refractivity (Wildman–Crippen MR) is 156 cm³/mol. The lowest BCUT2D eigenvalue weighted by molar-refractivity contribution is 0.105. The maximum Gasteiger partial charge on any atom is 0.187 e. The summed E-state index contributed by atoms with van der Waals surface area (Å²) in [6.07, 6.45) is 3.61. The number of carbonyl (C=O) groups excluding carboxylic acids is 1. The first-order valence-corrected chi connectivity index (χ1v) is 12.5. The highest BCUT2D eigenvalue weighted by atomic mass is 16.1. The van der Waals surface area contributed by atoms with Crippen molar-refractivity contribution in [1.82, 2.24) is 4.57 Å². The van der Waals surface area contributed by atoms with Crippen LogP contribution in [0.1, 0.15) is 15.9 Å². The van der Waals surface area contributed by atoms with Crippen LogP contribution in [0.5, 0.6) is 0 Å². The molecule has 0 saturated carbocycles. The zero-order chi connectivity index (χ0) is 24.8. The van der Waals surface area contributed by atoms with Gasteiger partial charge in [0.1, 0.15) is 0 Å². The summed E-state index contributed by atoms with van der Waals surface area (Å²) in [7, 11) is 0. The van der Waals surface area contributed by atoms with Crippen LogP contribution in [0.15, 0.2) is 133 Å². The summed E-state index contributed by atoms with van der Waals surface area (Å²) in [6, 6.07) is 43.8. The van der Waals surface area contributed by atoms with Crippen LogP contribution in [-0.2, 0) is 0 Å². The SMILES string of the molecule is O=C(/C=C/c1ccc(-n2c3ccccc3c3ccccc32)cc1)c1c2ccccc2cc2ccccc12. The highest BCUT2D eigenvalue weighted by Crippen LogP contribution is 2.32. The molecule has 0 saturated heterocycles. The number of aromatic nitrogens is 1. The molecule has 1 aromatic heterocycles. The fourth-order valence-corrected chi connectivity index (χ4v) is 5.47. The van der Waals surface area contributed by atoms with Crippen LogP contribution in [-0.4, -0.2) is 10.4 Å². The molecule has 0 N–H and O–H groups in total. The summed E-state index contributed by atoms with van der Waals surface area (Å²) in [5, 5.41) is 6.61. The molecule has 0 aliphatic heterocycles. The minimum Gasteiger partial charge on any atom is -0.309 e. The average molecular weight is 474 g/mol. The van der Waals surface area contributed by atoms with E-state index in [9.17, 15) is 4.79 Å². The van der Waals surface area contributed by atoms with Gasteiger partial charge in [-0.2, -0.15) is 0 Å². The molecule has 2 nitrogen and oxygen atoms in total. The maximum absolute atomic E-state index is 13.5. The van der Waals surface area contributed by atoms with E-state index in [2.05, 4.69) is 95.6 Å². The molecule has 0 aliphatic carbocycles. The van der Waals surface area contributed by atoms with Gasteiger partial charge in [-0.15, -0.1) is 0 Å². The standard InChI is InChI=1S/C35H23NO/c37-34(35-28-11-3-1-9-25(28)23-26-10-2-4-12-29(26)35)22-19-24-17-20-27(21-18-24)36-32-15-7-5-13-30(32)31-14-6-8-16-33(31)36/h1-23H/b22-19+. The minimum atomic E-state index is 0.0134. The number of rotatable bonds is 4. The Hall–Kier alpha value is -4.95. The van der Waals surface area contributed by atoms with Gasteiger partial charge < -0.3 is 4.57 Å². The molecule has 7 aromatic rings. The van der Waals surface area contributed by atoms with E-state index in [4.69, 9.17) is 0 Å². The minimum absolute atomic E-state index is 0.0134. The molecule has 0 amide bonds. The van der Waals surface area contributed by atoms with Crippen LogP contribution in [0.25, 0.3) is 55.1 Å². The summed E-state index contributed by atoms with van der Waals surface area (Å²) in [5.41, 5.74) is 5.21. The van der Waals surface area contributed by atoms with E-state index in [1.54, 1.807) is 6.08 Å². The van der Waals surface area contributed by atoms with E-state index in [1.165, 1.54) is 21.8 Å². The lowest BCUT2D eigenvalue weighted by Crippen LogP contribution is -1.98. The number of allylic oxidation sites excluding steroid dienone is 1. The number of benzene rings is 6. The third kappa shape index (κ3) is 3.54. The second-order valence-electron chi connectivity index (χ2n) is 9.35. The Morgan fingerprint density at radius 3 is 1.59 bits per heavy atom. The number of fused-ring (bicyclic) bond motifs is 5. The smallest absolute Gasteiger partial charge is 0.187 e. The van der Waals surface area contributed by atoms with Crippen molar-refractivity contribution in [1.29, 1.82) is 0 Å². The predicted octanol–water partition coefficient (Wildman–Crippen LogP) is 8.99. The lowest BCUT2D eigenvalue weighted by atomic mass is 9.94. The summed E-state index contributed by atoms with van der Waals surface area (Å²) in [5.74, 6) is 0.0134. The molecule has 0 atom stereocenters. The number of para-hydroxylation sites is 2. The Morgan fingerprint density at radius 2 is 1.03 bits per heavy atom. The Labute approximate surface area is 214 Å². The van der Waals surface area contributed by atoms with Crippen molar-refractivity contribution in [3.63, 3.8) is 0 Å². The molecule has 1 heterocycles. The van der Waals surface area contributed by atoms with Gasteiger partial charge in [-0.25, -0.2) is 0 Å². The molecule has 0 unspecified atom stereocenters. The summed E-state index contributed by atoms with van der Waals surface area (Å²) >= 11 is 0. The third-order valence-electron chi connectivity index (χ3n) is 7.18. The molecule has 37 heavy (non-hydrogen) atoms. The fourth-order valence-electron chi connectivity index (χ4n) is 5.47. The largest absolute Gasteiger partial charge is 0.309 e. The molecule has 0 aliphatic rings. The summed E-state index contributed by atoms with van der Waals surface area (Å²) < 4.78 is 2.30. The molecular formula is C35H23NO. The molecule has 0 spiro atoms. The van der Waals surface area contributed by atoms with Gasteiger partial charge >= 0.3 is 0 Å². The van der Waals surface area contributed by atoms with Gasteiger partial charge in [0, 0.05) is 22.0 Å². The molecule has 7 rings (SSSR count). The van der Waals surface area contributed by atoms with Crippen molar-refractivity contribution in [3.8, 4) is 5.69 Å². The summed E-state index contributed by atoms with van der Waals surface area (Å²) in [4.78, 5) is 13.5. The Kier molecular flexibility index (Phi) is 4.97. The topological polar surface area (TPSA) is 22.0 Å². The number of ketones is 1. The van der Waals surface area contributed by atoms with Crippen molar-refractivity contribution in [2.24, 2.45) is 0 Å². The van der Waals surface area contributed by atoms with Crippen molar-refractivity contribution >= 4 is 55.2 Å². The highest BCUT2D eigenvalue weighted by Gasteiger charge is 2.13. The second-order valence-corrected chi connectivity index (χ2v) is 9.35. The van der Waals surface area contributed by atoms with Gasteiger partial charge in [0.25, 0.3) is 0 Å². The molecular weight excluding hydrogens is 450 g/mol. The number of hydrogen-bond donors (Lipinski definition) is 0. The van der Waals surface area contributed by atoms with Gasteiger partial charge in [-0.05, 0) is 63.5 Å². The van der Waals surface area contributed by atoms with Crippen LogP contribution in [0, 0.1) is 0 Å². The first-order chi connectivity index (χ1) is 18.3. The fraction of sp³-hybridized carbons (Fsp3) is 0. The molecule has 2 heteroatoms. The van der Waals surface area contributed by atoms with Crippen LogP contribution >= 0.6 is 0 Å². The Bertz CT molecular complexity index is 1880. The van der Waals surface area contributed by atoms with Crippen LogP contribution in [0.3, 0.4) is 0 Å². The van der Waals surface area contributed by atoms with E-state index < -0.39 is 0 Å². The zero-order valence-corrected chi connectivity index (χ0v) is 20.1. The number of carbonyl (C=O) groups is 1. The maximum atomic E-state index is 13.5. The summed E-state index contributed by atoms with van der Waals surface area (Å²) in [6.45, 7) is 0. The van der Waals surface area contributed by atoms with Gasteiger partial charge in [0.15, 0.2) is 5.78 Å². The van der Waals surface area contributed by atoms with Crippen LogP contribution in [0.2, 0.25) is 0 Å². The quantitative estimate of drug-likeness (QED) is 0.142. The average Bonchev–Trinajstić information content (AvgIpc) is 3.29. The highest BCUT2D eigenvalue weighted by molar-refractivity contribution is 6.23. The molecule has 0 fully saturated rings. The van der Waals surface area contributed by atoms with Gasteiger partial charge in [0.2, 0.25) is 0 Å². The van der Waals surface area contributed by atoms with E-state index in [0.29, 0.717) is 0 Å². The van der Waals surface area contributed by atoms with Crippen LogP contribution < -0.4 is 0 Å². The first-order valence-electron chi connectivity index (χ1n) is 12.5. The van der Waals surface area contributed by atoms with Gasteiger partial charge in [-0.1, -0.05) is 103 Å². The third-order valence-corrected chi connectivity index (χ3v) is 7.18. The van der Waals surface area contributed by atoms with Crippen molar-refractivity contribution < 1.29 is 4.79 Å². The molecule has 174 valence electrons. The second kappa shape index (κ2) is 8.61.